The summed E-state index contributed by atoms with van der Waals surface area (Å²) >= 11 is 0. The van der Waals surface area contributed by atoms with Crippen LogP contribution in [0.2, 0.25) is 0 Å². The average Bonchev–Trinajstić information content (AvgIpc) is 2.66. The molecule has 27 heavy (non-hydrogen) atoms. The largest absolute Gasteiger partial charge is 0.508 e. The average molecular weight is 362 g/mol. The Morgan fingerprint density at radius 1 is 1.00 bits per heavy atom. The SMILES string of the molecule is NC(=O)C1c2ccccc2CCN1C(=O)c1cc2cc(O)ccc2cc1O. The summed E-state index contributed by atoms with van der Waals surface area (Å²) in [6, 6.07) is 14.2. The Morgan fingerprint density at radius 2 is 1.78 bits per heavy atom. The molecule has 1 unspecified atom stereocenters. The summed E-state index contributed by atoms with van der Waals surface area (Å²) < 4.78 is 0. The highest BCUT2D eigenvalue weighted by Gasteiger charge is 2.35. The van der Waals surface area contributed by atoms with Crippen molar-refractivity contribution in [1.29, 1.82) is 0 Å². The van der Waals surface area contributed by atoms with Crippen LogP contribution in [0.15, 0.2) is 54.6 Å². The number of nitrogens with zero attached hydrogens (tertiary/aromatic N) is 1. The molecule has 0 spiro atoms. The highest BCUT2D eigenvalue weighted by Crippen LogP contribution is 2.34. The number of phenolic OH excluding ortho intramolecular Hbond substituents is 2. The molecule has 0 aliphatic carbocycles. The Balaban J connectivity index is 1.79. The van der Waals surface area contributed by atoms with Gasteiger partial charge in [0.2, 0.25) is 5.91 Å². The lowest BCUT2D eigenvalue weighted by Crippen LogP contribution is -2.45. The van der Waals surface area contributed by atoms with Crippen molar-refractivity contribution in [3.8, 4) is 11.5 Å². The predicted octanol–water partition coefficient (Wildman–Crippen LogP) is 2.48. The first-order valence-electron chi connectivity index (χ1n) is 8.59. The first-order chi connectivity index (χ1) is 13.0. The fourth-order valence-corrected chi connectivity index (χ4v) is 3.69. The molecule has 1 aliphatic heterocycles. The lowest BCUT2D eigenvalue weighted by molar-refractivity contribution is -0.123. The normalized spacial score (nSPS) is 16.1. The van der Waals surface area contributed by atoms with E-state index >= 15 is 0 Å². The first kappa shape index (κ1) is 16.9. The van der Waals surface area contributed by atoms with Crippen LogP contribution < -0.4 is 5.73 Å². The summed E-state index contributed by atoms with van der Waals surface area (Å²) in [4.78, 5) is 26.7. The van der Waals surface area contributed by atoms with Crippen LogP contribution in [0.3, 0.4) is 0 Å². The molecular weight excluding hydrogens is 344 g/mol. The van der Waals surface area contributed by atoms with Gasteiger partial charge in [0.25, 0.3) is 5.91 Å². The molecule has 1 aliphatic rings. The van der Waals surface area contributed by atoms with Gasteiger partial charge in [0.05, 0.1) is 5.56 Å². The second-order valence-electron chi connectivity index (χ2n) is 6.65. The third-order valence-corrected chi connectivity index (χ3v) is 4.98. The number of aromatic hydroxyl groups is 2. The van der Waals surface area contributed by atoms with Crippen LogP contribution in [-0.4, -0.2) is 33.5 Å². The van der Waals surface area contributed by atoms with Crippen molar-refractivity contribution in [2.45, 2.75) is 12.5 Å². The van der Waals surface area contributed by atoms with Crippen LogP contribution in [0.4, 0.5) is 0 Å². The Bertz CT molecular complexity index is 1080. The van der Waals surface area contributed by atoms with Gasteiger partial charge in [-0.2, -0.15) is 0 Å². The summed E-state index contributed by atoms with van der Waals surface area (Å²) in [5, 5.41) is 21.4. The van der Waals surface area contributed by atoms with E-state index in [0.29, 0.717) is 29.3 Å². The monoisotopic (exact) mass is 362 g/mol. The highest BCUT2D eigenvalue weighted by atomic mass is 16.3. The molecule has 0 saturated carbocycles. The van der Waals surface area contributed by atoms with Crippen molar-refractivity contribution in [1.82, 2.24) is 4.90 Å². The van der Waals surface area contributed by atoms with Crippen molar-refractivity contribution in [2.75, 3.05) is 6.54 Å². The molecular formula is C21H18N2O4. The number of carbonyl (C=O) groups excluding carboxylic acids is 2. The molecule has 0 aromatic heterocycles. The molecule has 3 aromatic rings. The number of hydrogen-bond acceptors (Lipinski definition) is 4. The minimum absolute atomic E-state index is 0.0634. The van der Waals surface area contributed by atoms with Crippen LogP contribution in [0, 0.1) is 0 Å². The minimum Gasteiger partial charge on any atom is -0.508 e. The van der Waals surface area contributed by atoms with E-state index in [0.717, 1.165) is 5.56 Å². The Kier molecular flexibility index (Phi) is 3.96. The van der Waals surface area contributed by atoms with Crippen molar-refractivity contribution in [2.24, 2.45) is 5.73 Å². The van der Waals surface area contributed by atoms with Crippen molar-refractivity contribution < 1.29 is 19.8 Å². The van der Waals surface area contributed by atoms with Gasteiger partial charge in [-0.25, -0.2) is 0 Å². The zero-order valence-electron chi connectivity index (χ0n) is 14.4. The number of rotatable bonds is 2. The van der Waals surface area contributed by atoms with Gasteiger partial charge in [0.15, 0.2) is 0 Å². The van der Waals surface area contributed by atoms with E-state index in [9.17, 15) is 19.8 Å². The fraction of sp³-hybridized carbons (Fsp3) is 0.143. The summed E-state index contributed by atoms with van der Waals surface area (Å²) in [6.07, 6.45) is 0.598. The number of primary amides is 1. The van der Waals surface area contributed by atoms with Gasteiger partial charge in [0, 0.05) is 6.54 Å². The third kappa shape index (κ3) is 2.85. The number of nitrogens with two attached hydrogens (primary N) is 1. The van der Waals surface area contributed by atoms with Gasteiger partial charge in [-0.05, 0) is 52.6 Å². The van der Waals surface area contributed by atoms with Gasteiger partial charge < -0.3 is 20.8 Å². The molecule has 136 valence electrons. The van der Waals surface area contributed by atoms with E-state index in [-0.39, 0.29) is 17.1 Å². The second kappa shape index (κ2) is 6.32. The van der Waals surface area contributed by atoms with Gasteiger partial charge in [0.1, 0.15) is 17.5 Å². The zero-order chi connectivity index (χ0) is 19.1. The molecule has 4 rings (SSSR count). The smallest absolute Gasteiger partial charge is 0.258 e. The van der Waals surface area contributed by atoms with Gasteiger partial charge in [-0.15, -0.1) is 0 Å². The number of carbonyl (C=O) groups is 2. The molecule has 0 saturated heterocycles. The fourth-order valence-electron chi connectivity index (χ4n) is 3.69. The molecule has 1 atom stereocenters. The quantitative estimate of drug-likeness (QED) is 0.651. The van der Waals surface area contributed by atoms with Gasteiger partial charge >= 0.3 is 0 Å². The van der Waals surface area contributed by atoms with E-state index in [1.807, 2.05) is 12.1 Å². The number of fused-ring (bicyclic) bond motifs is 2. The predicted molar refractivity (Wildman–Crippen MR) is 100 cm³/mol. The zero-order valence-corrected chi connectivity index (χ0v) is 14.4. The van der Waals surface area contributed by atoms with E-state index < -0.39 is 17.9 Å². The molecule has 0 bridgehead atoms. The minimum atomic E-state index is -0.887. The number of amides is 2. The standard InChI is InChI=1S/C21H18N2O4/c22-20(26)19-16-4-2-1-3-12(16)7-8-23(19)21(27)17-10-14-9-15(24)6-5-13(14)11-18(17)25/h1-6,9-11,19,24-25H,7-8H2,(H2,22,26). The van der Waals surface area contributed by atoms with Crippen molar-refractivity contribution in [3.63, 3.8) is 0 Å². The molecule has 4 N–H and O–H groups in total. The first-order valence-corrected chi connectivity index (χ1v) is 8.59. The number of benzene rings is 3. The molecule has 0 radical (unpaired) electrons. The van der Waals surface area contributed by atoms with Crippen LogP contribution >= 0.6 is 0 Å². The van der Waals surface area contributed by atoms with Crippen LogP contribution in [0.1, 0.15) is 27.5 Å². The van der Waals surface area contributed by atoms with Crippen molar-refractivity contribution in [3.05, 3.63) is 71.3 Å². The summed E-state index contributed by atoms with van der Waals surface area (Å²) in [7, 11) is 0. The third-order valence-electron chi connectivity index (χ3n) is 4.98. The maximum atomic E-state index is 13.2. The summed E-state index contributed by atoms with van der Waals surface area (Å²) in [5.41, 5.74) is 7.37. The van der Waals surface area contributed by atoms with E-state index in [2.05, 4.69) is 0 Å². The van der Waals surface area contributed by atoms with E-state index in [1.54, 1.807) is 18.2 Å². The lowest BCUT2D eigenvalue weighted by atomic mass is 9.91. The van der Waals surface area contributed by atoms with Crippen LogP contribution in [0.25, 0.3) is 10.8 Å². The highest BCUT2D eigenvalue weighted by molar-refractivity contribution is 6.03. The molecule has 2 amide bonds. The molecule has 6 nitrogen and oxygen atoms in total. The Labute approximate surface area is 155 Å². The van der Waals surface area contributed by atoms with Crippen LogP contribution in [0.5, 0.6) is 11.5 Å². The van der Waals surface area contributed by atoms with Crippen molar-refractivity contribution >= 4 is 22.6 Å². The number of hydrogen-bond donors (Lipinski definition) is 3. The number of phenols is 2. The second-order valence-corrected chi connectivity index (χ2v) is 6.65. The molecule has 1 heterocycles. The van der Waals surface area contributed by atoms with Gasteiger partial charge in [-0.3, -0.25) is 9.59 Å². The maximum absolute atomic E-state index is 13.2. The molecule has 0 fully saturated rings. The summed E-state index contributed by atoms with van der Waals surface area (Å²) in [6.45, 7) is 0.320. The van der Waals surface area contributed by atoms with E-state index in [4.69, 9.17) is 5.73 Å². The van der Waals surface area contributed by atoms with Gasteiger partial charge in [-0.1, -0.05) is 30.3 Å². The molecule has 3 aromatic carbocycles. The summed E-state index contributed by atoms with van der Waals surface area (Å²) in [5.74, 6) is -1.21. The van der Waals surface area contributed by atoms with Crippen LogP contribution in [-0.2, 0) is 11.2 Å². The Hall–Kier alpha value is -3.54. The lowest BCUT2D eigenvalue weighted by Gasteiger charge is -2.35. The van der Waals surface area contributed by atoms with E-state index in [1.165, 1.54) is 29.2 Å². The Morgan fingerprint density at radius 3 is 2.56 bits per heavy atom. The topological polar surface area (TPSA) is 104 Å². The molecule has 6 heteroatoms. The maximum Gasteiger partial charge on any atom is 0.258 e.